The topological polar surface area (TPSA) is 78.0 Å². The molecule has 0 spiro atoms. The Hall–Kier alpha value is -1.55. The van der Waals surface area contributed by atoms with Crippen LogP contribution in [0.1, 0.15) is 33.1 Å². The Bertz CT molecular complexity index is 606. The lowest BCUT2D eigenvalue weighted by Crippen LogP contribution is -2.50. The average molecular weight is 517 g/mol. The second-order valence-corrected chi connectivity index (χ2v) is 7.05. The minimum atomic E-state index is 0. The van der Waals surface area contributed by atoms with Crippen molar-refractivity contribution < 1.29 is 9.53 Å². The summed E-state index contributed by atoms with van der Waals surface area (Å²) in [6.07, 6.45) is 2.95. The van der Waals surface area contributed by atoms with Crippen LogP contribution >= 0.6 is 24.0 Å². The number of ether oxygens (including phenoxy) is 1. The van der Waals surface area contributed by atoms with Crippen molar-refractivity contribution in [3.05, 3.63) is 30.3 Å². The lowest BCUT2D eigenvalue weighted by Gasteiger charge is -2.32. The maximum absolute atomic E-state index is 11.5. The summed E-state index contributed by atoms with van der Waals surface area (Å²) in [5, 5.41) is 9.56. The molecule has 1 aliphatic rings. The molecule has 8 heteroatoms. The molecule has 0 saturated carbocycles. The van der Waals surface area contributed by atoms with E-state index in [1.54, 1.807) is 7.05 Å². The van der Waals surface area contributed by atoms with Gasteiger partial charge in [0, 0.05) is 32.7 Å². The Labute approximate surface area is 192 Å². The average Bonchev–Trinajstić information content (AvgIpc) is 2.73. The second kappa shape index (κ2) is 14.4. The molecule has 1 amide bonds. The van der Waals surface area contributed by atoms with Gasteiger partial charge in [-0.25, -0.2) is 4.99 Å². The van der Waals surface area contributed by atoms with Gasteiger partial charge in [0.05, 0.1) is 13.1 Å². The molecular formula is C21H36IN5O2. The summed E-state index contributed by atoms with van der Waals surface area (Å²) < 4.78 is 6.04. The number of halogens is 1. The molecule has 0 radical (unpaired) electrons. The van der Waals surface area contributed by atoms with Gasteiger partial charge in [0.1, 0.15) is 11.9 Å². The van der Waals surface area contributed by atoms with E-state index in [1.807, 2.05) is 30.3 Å². The first-order chi connectivity index (χ1) is 13.6. The minimum Gasteiger partial charge on any atom is -0.489 e. The lowest BCUT2D eigenvalue weighted by atomic mass is 10.1. The maximum atomic E-state index is 11.5. The van der Waals surface area contributed by atoms with Gasteiger partial charge in [-0.1, -0.05) is 25.1 Å². The molecule has 0 aromatic heterocycles. The predicted molar refractivity (Wildman–Crippen MR) is 129 cm³/mol. The van der Waals surface area contributed by atoms with Gasteiger partial charge >= 0.3 is 0 Å². The van der Waals surface area contributed by atoms with Crippen LogP contribution in [0.15, 0.2) is 35.3 Å². The van der Waals surface area contributed by atoms with Gasteiger partial charge in [0.25, 0.3) is 0 Å². The summed E-state index contributed by atoms with van der Waals surface area (Å²) in [5.74, 6) is 1.79. The Balaban J connectivity index is 0.00000420. The third-order valence-corrected chi connectivity index (χ3v) is 4.87. The second-order valence-electron chi connectivity index (χ2n) is 7.05. The summed E-state index contributed by atoms with van der Waals surface area (Å²) in [7, 11) is 1.68. The van der Waals surface area contributed by atoms with E-state index in [9.17, 15) is 4.79 Å². The minimum absolute atomic E-state index is 0. The number of nitrogens with one attached hydrogen (secondary N) is 3. The molecule has 1 atom stereocenters. The van der Waals surface area contributed by atoms with Crippen LogP contribution < -0.4 is 20.7 Å². The van der Waals surface area contributed by atoms with E-state index in [4.69, 9.17) is 9.73 Å². The van der Waals surface area contributed by atoms with Crippen molar-refractivity contribution in [2.75, 3.05) is 39.8 Å². The number of piperidine rings is 1. The monoisotopic (exact) mass is 517 g/mol. The van der Waals surface area contributed by atoms with Crippen molar-refractivity contribution >= 4 is 35.8 Å². The van der Waals surface area contributed by atoms with Crippen LogP contribution in [0.3, 0.4) is 0 Å². The lowest BCUT2D eigenvalue weighted by molar-refractivity contribution is -0.122. The van der Waals surface area contributed by atoms with Crippen molar-refractivity contribution in [1.29, 1.82) is 0 Å². The SMILES string of the molecule is CCNC(=NCC(CC)Oc1ccccc1)NC1CCN(CC(=O)NC)CC1.I. The molecule has 0 aliphatic carbocycles. The number of carbonyl (C=O) groups excluding carboxylic acids is 1. The van der Waals surface area contributed by atoms with Crippen LogP contribution in [0.2, 0.25) is 0 Å². The number of benzene rings is 1. The molecule has 1 fully saturated rings. The zero-order valence-corrected chi connectivity index (χ0v) is 20.1. The third kappa shape index (κ3) is 9.66. The molecule has 1 aromatic carbocycles. The fraction of sp³-hybridized carbons (Fsp3) is 0.619. The maximum Gasteiger partial charge on any atom is 0.233 e. The number of para-hydroxylation sites is 1. The van der Waals surface area contributed by atoms with Gasteiger partial charge < -0.3 is 20.7 Å². The van der Waals surface area contributed by atoms with Crippen LogP contribution in [0.5, 0.6) is 5.75 Å². The Morgan fingerprint density at radius 1 is 1.24 bits per heavy atom. The van der Waals surface area contributed by atoms with Crippen LogP contribution in [0.4, 0.5) is 0 Å². The molecule has 1 saturated heterocycles. The van der Waals surface area contributed by atoms with Crippen molar-refractivity contribution in [2.24, 2.45) is 4.99 Å². The molecule has 1 aliphatic heterocycles. The molecular weight excluding hydrogens is 481 g/mol. The standard InChI is InChI=1S/C21H35N5O2.HI/c1-4-18(28-19-9-7-6-8-10-19)15-24-21(23-5-2)25-17-11-13-26(14-12-17)16-20(27)22-3;/h6-10,17-18H,4-5,11-16H2,1-3H3,(H,22,27)(H2,23,24,25);1H. The number of hydrogen-bond acceptors (Lipinski definition) is 4. The highest BCUT2D eigenvalue weighted by molar-refractivity contribution is 14.0. The van der Waals surface area contributed by atoms with Gasteiger partial charge in [-0.05, 0) is 38.3 Å². The first-order valence-electron chi connectivity index (χ1n) is 10.3. The number of likely N-dealkylation sites (tertiary alicyclic amines) is 1. The number of likely N-dealkylation sites (N-methyl/N-ethyl adjacent to an activating group) is 1. The fourth-order valence-corrected chi connectivity index (χ4v) is 3.17. The molecule has 1 unspecified atom stereocenters. The number of nitrogens with zero attached hydrogens (tertiary/aromatic N) is 2. The molecule has 164 valence electrons. The predicted octanol–water partition coefficient (Wildman–Crippen LogP) is 2.23. The van der Waals surface area contributed by atoms with E-state index < -0.39 is 0 Å². The number of aliphatic imine (C=N–C) groups is 1. The molecule has 2 rings (SSSR count). The summed E-state index contributed by atoms with van der Waals surface area (Å²) in [6.45, 7) is 7.92. The van der Waals surface area contributed by atoms with Crippen LogP contribution in [-0.4, -0.2) is 68.7 Å². The Morgan fingerprint density at radius 3 is 2.52 bits per heavy atom. The number of hydrogen-bond donors (Lipinski definition) is 3. The molecule has 0 bridgehead atoms. The first-order valence-corrected chi connectivity index (χ1v) is 10.3. The summed E-state index contributed by atoms with van der Waals surface area (Å²) >= 11 is 0. The van der Waals surface area contributed by atoms with E-state index in [-0.39, 0.29) is 36.0 Å². The van der Waals surface area contributed by atoms with Crippen LogP contribution in [0.25, 0.3) is 0 Å². The smallest absolute Gasteiger partial charge is 0.233 e. The largest absolute Gasteiger partial charge is 0.489 e. The van der Waals surface area contributed by atoms with Crippen molar-refractivity contribution in [2.45, 2.75) is 45.3 Å². The molecule has 7 nitrogen and oxygen atoms in total. The third-order valence-electron chi connectivity index (χ3n) is 4.87. The number of carbonyl (C=O) groups is 1. The zero-order chi connectivity index (χ0) is 20.2. The Kier molecular flexibility index (Phi) is 12.7. The summed E-state index contributed by atoms with van der Waals surface area (Å²) in [4.78, 5) is 18.5. The van der Waals surface area contributed by atoms with E-state index in [2.05, 4.69) is 34.7 Å². The fourth-order valence-electron chi connectivity index (χ4n) is 3.17. The highest BCUT2D eigenvalue weighted by Gasteiger charge is 2.21. The highest BCUT2D eigenvalue weighted by Crippen LogP contribution is 2.13. The number of guanidine groups is 1. The first kappa shape index (κ1) is 25.5. The van der Waals surface area contributed by atoms with Gasteiger partial charge in [0.2, 0.25) is 5.91 Å². The molecule has 29 heavy (non-hydrogen) atoms. The molecule has 1 aromatic rings. The van der Waals surface area contributed by atoms with E-state index >= 15 is 0 Å². The number of amides is 1. The summed E-state index contributed by atoms with van der Waals surface area (Å²) in [6, 6.07) is 10.3. The van der Waals surface area contributed by atoms with E-state index in [0.29, 0.717) is 19.1 Å². The Morgan fingerprint density at radius 2 is 1.93 bits per heavy atom. The normalized spacial score (nSPS) is 16.4. The van der Waals surface area contributed by atoms with Gasteiger partial charge in [-0.15, -0.1) is 24.0 Å². The van der Waals surface area contributed by atoms with Gasteiger partial charge in [0.15, 0.2) is 5.96 Å². The molecule has 3 N–H and O–H groups in total. The zero-order valence-electron chi connectivity index (χ0n) is 17.8. The summed E-state index contributed by atoms with van der Waals surface area (Å²) in [5.41, 5.74) is 0. The van der Waals surface area contributed by atoms with Crippen molar-refractivity contribution in [3.8, 4) is 5.75 Å². The van der Waals surface area contributed by atoms with Gasteiger partial charge in [-0.2, -0.15) is 0 Å². The van der Waals surface area contributed by atoms with Crippen LogP contribution in [0, 0.1) is 0 Å². The van der Waals surface area contributed by atoms with Crippen molar-refractivity contribution in [1.82, 2.24) is 20.9 Å². The molecule has 1 heterocycles. The van der Waals surface area contributed by atoms with E-state index in [1.165, 1.54) is 0 Å². The van der Waals surface area contributed by atoms with E-state index in [0.717, 1.165) is 50.6 Å². The quantitative estimate of drug-likeness (QED) is 0.266. The van der Waals surface area contributed by atoms with Crippen LogP contribution in [-0.2, 0) is 4.79 Å². The van der Waals surface area contributed by atoms with Crippen molar-refractivity contribution in [3.63, 3.8) is 0 Å². The van der Waals surface area contributed by atoms with Gasteiger partial charge in [-0.3, -0.25) is 9.69 Å². The highest BCUT2D eigenvalue weighted by atomic mass is 127. The number of rotatable bonds is 9.